The summed E-state index contributed by atoms with van der Waals surface area (Å²) in [5.74, 6) is -0.0566. The molecule has 1 N–H and O–H groups in total. The summed E-state index contributed by atoms with van der Waals surface area (Å²) >= 11 is 3.25. The van der Waals surface area contributed by atoms with E-state index in [1.807, 2.05) is 18.2 Å². The molecule has 1 aliphatic heterocycles. The summed E-state index contributed by atoms with van der Waals surface area (Å²) in [7, 11) is 0. The van der Waals surface area contributed by atoms with Crippen LogP contribution in [0.1, 0.15) is 19.8 Å². The lowest BCUT2D eigenvalue weighted by Crippen LogP contribution is -2.48. The van der Waals surface area contributed by atoms with E-state index in [0.29, 0.717) is 10.2 Å². The van der Waals surface area contributed by atoms with Gasteiger partial charge in [-0.25, -0.2) is 4.39 Å². The molecule has 2 aromatic carbocycles. The van der Waals surface area contributed by atoms with Gasteiger partial charge in [-0.05, 0) is 66.0 Å². The Morgan fingerprint density at radius 2 is 1.92 bits per heavy atom. The lowest BCUT2D eigenvalue weighted by atomic mass is 10.0. The largest absolute Gasteiger partial charge is 0.480 e. The van der Waals surface area contributed by atoms with Crippen molar-refractivity contribution in [1.82, 2.24) is 5.32 Å². The first-order valence-corrected chi connectivity index (χ1v) is 9.54. The van der Waals surface area contributed by atoms with Crippen molar-refractivity contribution >= 4 is 27.5 Å². The molecule has 6 heteroatoms. The minimum atomic E-state index is -0.649. The molecule has 138 valence electrons. The molecule has 0 radical (unpaired) electrons. The van der Waals surface area contributed by atoms with Crippen molar-refractivity contribution in [2.75, 3.05) is 18.0 Å². The SMILES string of the molecule is CC(Oc1ccc(F)cc1Br)C(=O)NC1CCN(c2ccccc2)CC1. The molecule has 26 heavy (non-hydrogen) atoms. The summed E-state index contributed by atoms with van der Waals surface area (Å²) in [6.07, 6.45) is 1.14. The average molecular weight is 421 g/mol. The number of piperidine rings is 1. The molecular formula is C20H22BrFN2O2. The predicted molar refractivity (Wildman–Crippen MR) is 104 cm³/mol. The smallest absolute Gasteiger partial charge is 0.260 e. The van der Waals surface area contributed by atoms with Gasteiger partial charge in [0.15, 0.2) is 6.10 Å². The number of rotatable bonds is 5. The second kappa shape index (κ2) is 8.54. The van der Waals surface area contributed by atoms with Crippen LogP contribution in [0.15, 0.2) is 53.0 Å². The predicted octanol–water partition coefficient (Wildman–Crippen LogP) is 4.14. The summed E-state index contributed by atoms with van der Waals surface area (Å²) in [6.45, 7) is 3.52. The summed E-state index contributed by atoms with van der Waals surface area (Å²) in [4.78, 5) is 14.7. The van der Waals surface area contributed by atoms with Crippen LogP contribution in [-0.2, 0) is 4.79 Å². The minimum Gasteiger partial charge on any atom is -0.480 e. The van der Waals surface area contributed by atoms with Crippen LogP contribution in [0.25, 0.3) is 0 Å². The van der Waals surface area contributed by atoms with E-state index in [9.17, 15) is 9.18 Å². The Balaban J connectivity index is 1.49. The molecular weight excluding hydrogens is 399 g/mol. The number of para-hydroxylation sites is 1. The summed E-state index contributed by atoms with van der Waals surface area (Å²) in [5, 5.41) is 3.06. The summed E-state index contributed by atoms with van der Waals surface area (Å²) in [5.41, 5.74) is 1.22. The Kier molecular flexibility index (Phi) is 6.14. The summed E-state index contributed by atoms with van der Waals surface area (Å²) < 4.78 is 19.3. The number of hydrogen-bond acceptors (Lipinski definition) is 3. The zero-order chi connectivity index (χ0) is 18.5. The molecule has 1 saturated heterocycles. The first-order chi connectivity index (χ1) is 12.5. The highest BCUT2D eigenvalue weighted by Crippen LogP contribution is 2.26. The standard InChI is InChI=1S/C20H22BrFN2O2/c1-14(26-19-8-7-15(22)13-18(19)21)20(25)23-16-9-11-24(12-10-16)17-5-3-2-4-6-17/h2-8,13-14,16H,9-12H2,1H3,(H,23,25). The number of nitrogens with one attached hydrogen (secondary N) is 1. The maximum Gasteiger partial charge on any atom is 0.260 e. The Hall–Kier alpha value is -2.08. The van der Waals surface area contributed by atoms with Gasteiger partial charge in [0.25, 0.3) is 5.91 Å². The van der Waals surface area contributed by atoms with E-state index in [4.69, 9.17) is 4.74 Å². The first-order valence-electron chi connectivity index (χ1n) is 8.75. The first kappa shape index (κ1) is 18.7. The number of carbonyl (C=O) groups excluding carboxylic acids is 1. The van der Waals surface area contributed by atoms with Crippen LogP contribution >= 0.6 is 15.9 Å². The third-order valence-electron chi connectivity index (χ3n) is 4.53. The average Bonchev–Trinajstić information content (AvgIpc) is 2.65. The second-order valence-corrected chi connectivity index (χ2v) is 7.29. The number of ether oxygens (including phenoxy) is 1. The normalized spacial score (nSPS) is 16.2. The van der Waals surface area contributed by atoms with Crippen LogP contribution in [0.3, 0.4) is 0 Å². The Labute approximate surface area is 161 Å². The van der Waals surface area contributed by atoms with E-state index in [0.717, 1.165) is 25.9 Å². The van der Waals surface area contributed by atoms with Crippen molar-refractivity contribution in [2.24, 2.45) is 0 Å². The monoisotopic (exact) mass is 420 g/mol. The Morgan fingerprint density at radius 3 is 2.58 bits per heavy atom. The fourth-order valence-electron chi connectivity index (χ4n) is 3.05. The number of nitrogens with zero attached hydrogens (tertiary/aromatic N) is 1. The molecule has 4 nitrogen and oxygen atoms in total. The van der Waals surface area contributed by atoms with E-state index in [1.165, 1.54) is 23.9 Å². The third-order valence-corrected chi connectivity index (χ3v) is 5.15. The number of anilines is 1. The van der Waals surface area contributed by atoms with Crippen molar-refractivity contribution < 1.29 is 13.9 Å². The maximum absolute atomic E-state index is 13.1. The van der Waals surface area contributed by atoms with E-state index >= 15 is 0 Å². The number of amides is 1. The molecule has 0 aliphatic carbocycles. The van der Waals surface area contributed by atoms with Crippen molar-refractivity contribution in [3.63, 3.8) is 0 Å². The lowest BCUT2D eigenvalue weighted by molar-refractivity contribution is -0.128. The van der Waals surface area contributed by atoms with Crippen LogP contribution in [0.4, 0.5) is 10.1 Å². The zero-order valence-electron chi connectivity index (χ0n) is 14.6. The van der Waals surface area contributed by atoms with Gasteiger partial charge >= 0.3 is 0 Å². The number of halogens is 2. The molecule has 0 spiro atoms. The molecule has 0 aromatic heterocycles. The molecule has 1 aliphatic rings. The highest BCUT2D eigenvalue weighted by molar-refractivity contribution is 9.10. The number of benzene rings is 2. The minimum absolute atomic E-state index is 0.144. The van der Waals surface area contributed by atoms with E-state index in [-0.39, 0.29) is 17.8 Å². The summed E-state index contributed by atoms with van der Waals surface area (Å²) in [6, 6.07) is 14.6. The van der Waals surface area contributed by atoms with Gasteiger partial charge in [-0.3, -0.25) is 4.79 Å². The van der Waals surface area contributed by atoms with E-state index < -0.39 is 6.10 Å². The van der Waals surface area contributed by atoms with Gasteiger partial charge in [-0.2, -0.15) is 0 Å². The van der Waals surface area contributed by atoms with Crippen LogP contribution < -0.4 is 15.0 Å². The van der Waals surface area contributed by atoms with Gasteiger partial charge in [-0.15, -0.1) is 0 Å². The quantitative estimate of drug-likeness (QED) is 0.789. The fraction of sp³-hybridized carbons (Fsp3) is 0.350. The van der Waals surface area contributed by atoms with Crippen molar-refractivity contribution in [1.29, 1.82) is 0 Å². The Morgan fingerprint density at radius 1 is 1.23 bits per heavy atom. The van der Waals surface area contributed by atoms with Crippen LogP contribution in [-0.4, -0.2) is 31.1 Å². The number of carbonyl (C=O) groups is 1. The van der Waals surface area contributed by atoms with Crippen LogP contribution in [0, 0.1) is 5.82 Å². The van der Waals surface area contributed by atoms with Crippen molar-refractivity contribution in [3.05, 3.63) is 58.8 Å². The van der Waals surface area contributed by atoms with Crippen LogP contribution in [0.5, 0.6) is 5.75 Å². The van der Waals surface area contributed by atoms with Gasteiger partial charge in [0.1, 0.15) is 11.6 Å². The zero-order valence-corrected chi connectivity index (χ0v) is 16.2. The third kappa shape index (κ3) is 4.75. The topological polar surface area (TPSA) is 41.6 Å². The fourth-order valence-corrected chi connectivity index (χ4v) is 3.50. The molecule has 3 rings (SSSR count). The second-order valence-electron chi connectivity index (χ2n) is 6.44. The number of hydrogen-bond donors (Lipinski definition) is 1. The molecule has 0 saturated carbocycles. The van der Waals surface area contributed by atoms with Crippen LogP contribution in [0.2, 0.25) is 0 Å². The molecule has 1 unspecified atom stereocenters. The van der Waals surface area contributed by atoms with Crippen molar-refractivity contribution in [3.8, 4) is 5.75 Å². The molecule has 2 aromatic rings. The Bertz CT molecular complexity index is 749. The van der Waals surface area contributed by atoms with Gasteiger partial charge in [0.2, 0.25) is 0 Å². The molecule has 1 atom stereocenters. The highest BCUT2D eigenvalue weighted by atomic mass is 79.9. The maximum atomic E-state index is 13.1. The molecule has 0 bridgehead atoms. The van der Waals surface area contributed by atoms with Gasteiger partial charge in [0.05, 0.1) is 4.47 Å². The van der Waals surface area contributed by atoms with E-state index in [1.54, 1.807) is 6.92 Å². The molecule has 1 heterocycles. The van der Waals surface area contributed by atoms with Gasteiger partial charge in [-0.1, -0.05) is 18.2 Å². The van der Waals surface area contributed by atoms with Gasteiger partial charge < -0.3 is 15.0 Å². The molecule has 1 fully saturated rings. The lowest BCUT2D eigenvalue weighted by Gasteiger charge is -2.34. The van der Waals surface area contributed by atoms with Crippen molar-refractivity contribution in [2.45, 2.75) is 31.9 Å². The van der Waals surface area contributed by atoms with E-state index in [2.05, 4.69) is 38.3 Å². The molecule has 1 amide bonds. The highest BCUT2D eigenvalue weighted by Gasteiger charge is 2.24. The van der Waals surface area contributed by atoms with Gasteiger partial charge in [0, 0.05) is 24.8 Å².